The second-order valence-electron chi connectivity index (χ2n) is 4.33. The average molecular weight is 239 g/mol. The summed E-state index contributed by atoms with van der Waals surface area (Å²) in [4.78, 5) is 12.5. The van der Waals surface area contributed by atoms with Gasteiger partial charge in [-0.2, -0.15) is 0 Å². The van der Waals surface area contributed by atoms with E-state index in [1.165, 1.54) is 6.07 Å². The molecule has 0 aliphatic heterocycles. The van der Waals surface area contributed by atoms with Crippen LogP contribution < -0.4 is 0 Å². The highest BCUT2D eigenvalue weighted by Gasteiger charge is 2.16. The fourth-order valence-electron chi connectivity index (χ4n) is 1.55. The van der Waals surface area contributed by atoms with Crippen LogP contribution in [0.5, 0.6) is 0 Å². The predicted octanol–water partition coefficient (Wildman–Crippen LogP) is 2.08. The second-order valence-corrected chi connectivity index (χ2v) is 4.33. The molecule has 0 aliphatic rings. The zero-order valence-corrected chi connectivity index (χ0v) is 10.4. The number of rotatable bonds is 5. The van der Waals surface area contributed by atoms with Crippen LogP contribution in [0.25, 0.3) is 0 Å². The van der Waals surface area contributed by atoms with E-state index in [1.54, 1.807) is 37.9 Å². The minimum atomic E-state index is -0.831. The normalized spacial score (nSPS) is 12.8. The Hall–Kier alpha value is -1.42. The number of nitrogens with zero attached hydrogens (tertiary/aromatic N) is 1. The molecule has 1 unspecified atom stereocenters. The number of hydrogen-bond donors (Lipinski definition) is 1. The third-order valence-corrected chi connectivity index (χ3v) is 2.99. The highest BCUT2D eigenvalue weighted by atomic mass is 19.1. The van der Waals surface area contributed by atoms with Crippen molar-refractivity contribution in [3.63, 3.8) is 0 Å². The summed E-state index contributed by atoms with van der Waals surface area (Å²) in [6.45, 7) is 4.01. The monoisotopic (exact) mass is 239 g/mol. The van der Waals surface area contributed by atoms with Gasteiger partial charge in [-0.05, 0) is 44.5 Å². The van der Waals surface area contributed by atoms with Gasteiger partial charge in [0, 0.05) is 6.54 Å². The molecule has 0 amide bonds. The van der Waals surface area contributed by atoms with Gasteiger partial charge >= 0.3 is 5.97 Å². The third-order valence-electron chi connectivity index (χ3n) is 2.99. The molecule has 0 radical (unpaired) electrons. The van der Waals surface area contributed by atoms with Crippen molar-refractivity contribution >= 4 is 5.97 Å². The van der Waals surface area contributed by atoms with E-state index < -0.39 is 12.0 Å². The van der Waals surface area contributed by atoms with E-state index in [0.717, 1.165) is 12.0 Å². The standard InChI is InChI=1S/C13H18FNO2/c1-9-8-11(4-5-12(9)14)6-7-15(3)10(2)13(16)17/h4-5,8,10H,6-7H2,1-3H3,(H,16,17). The molecule has 0 fully saturated rings. The summed E-state index contributed by atoms with van der Waals surface area (Å²) >= 11 is 0. The number of carbonyl (C=O) groups is 1. The largest absolute Gasteiger partial charge is 0.480 e. The average Bonchev–Trinajstić information content (AvgIpc) is 2.29. The van der Waals surface area contributed by atoms with Gasteiger partial charge in [-0.15, -0.1) is 0 Å². The Morgan fingerprint density at radius 3 is 2.71 bits per heavy atom. The molecule has 94 valence electrons. The molecule has 1 N–H and O–H groups in total. The molecule has 0 spiro atoms. The van der Waals surface area contributed by atoms with Crippen LogP contribution in [0.3, 0.4) is 0 Å². The van der Waals surface area contributed by atoms with Gasteiger partial charge in [-0.1, -0.05) is 12.1 Å². The van der Waals surface area contributed by atoms with Gasteiger partial charge in [0.15, 0.2) is 0 Å². The van der Waals surface area contributed by atoms with Crippen molar-refractivity contribution in [2.75, 3.05) is 13.6 Å². The molecule has 0 aliphatic carbocycles. The number of likely N-dealkylation sites (N-methyl/N-ethyl adjacent to an activating group) is 1. The van der Waals surface area contributed by atoms with Gasteiger partial charge in [0.1, 0.15) is 11.9 Å². The van der Waals surface area contributed by atoms with Crippen LogP contribution in [-0.4, -0.2) is 35.6 Å². The van der Waals surface area contributed by atoms with Crippen LogP contribution in [0, 0.1) is 12.7 Å². The molecule has 4 heteroatoms. The second kappa shape index (κ2) is 5.77. The molecule has 3 nitrogen and oxygen atoms in total. The van der Waals surface area contributed by atoms with E-state index in [9.17, 15) is 9.18 Å². The molecule has 1 rings (SSSR count). The minimum Gasteiger partial charge on any atom is -0.480 e. The smallest absolute Gasteiger partial charge is 0.320 e. The van der Waals surface area contributed by atoms with Crippen LogP contribution >= 0.6 is 0 Å². The van der Waals surface area contributed by atoms with Crippen LogP contribution in [0.15, 0.2) is 18.2 Å². The first-order valence-corrected chi connectivity index (χ1v) is 5.60. The molecule has 0 aromatic heterocycles. The molecule has 17 heavy (non-hydrogen) atoms. The van der Waals surface area contributed by atoms with Crippen molar-refractivity contribution in [2.24, 2.45) is 0 Å². The topological polar surface area (TPSA) is 40.5 Å². The quantitative estimate of drug-likeness (QED) is 0.855. The van der Waals surface area contributed by atoms with Crippen molar-refractivity contribution in [1.82, 2.24) is 4.90 Å². The lowest BCUT2D eigenvalue weighted by Gasteiger charge is -2.20. The van der Waals surface area contributed by atoms with Gasteiger partial charge < -0.3 is 5.11 Å². The van der Waals surface area contributed by atoms with Crippen LogP contribution in [0.4, 0.5) is 4.39 Å². The number of benzene rings is 1. The number of hydrogen-bond acceptors (Lipinski definition) is 2. The van der Waals surface area contributed by atoms with Gasteiger partial charge in [-0.3, -0.25) is 9.69 Å². The Bertz CT molecular complexity index is 406. The molecule has 1 aromatic carbocycles. The summed E-state index contributed by atoms with van der Waals surface area (Å²) in [5, 5.41) is 8.84. The first-order valence-electron chi connectivity index (χ1n) is 5.60. The number of aryl methyl sites for hydroxylation is 1. The summed E-state index contributed by atoms with van der Waals surface area (Å²) in [7, 11) is 1.77. The first kappa shape index (κ1) is 13.6. The minimum absolute atomic E-state index is 0.207. The summed E-state index contributed by atoms with van der Waals surface area (Å²) in [6.07, 6.45) is 0.717. The highest BCUT2D eigenvalue weighted by molar-refractivity contribution is 5.72. The van der Waals surface area contributed by atoms with Crippen molar-refractivity contribution in [3.05, 3.63) is 35.1 Å². The zero-order chi connectivity index (χ0) is 13.0. The summed E-state index contributed by atoms with van der Waals surface area (Å²) < 4.78 is 13.0. The van der Waals surface area contributed by atoms with E-state index in [1.807, 2.05) is 0 Å². The fourth-order valence-corrected chi connectivity index (χ4v) is 1.55. The van der Waals surface area contributed by atoms with Crippen LogP contribution in [-0.2, 0) is 11.2 Å². The van der Waals surface area contributed by atoms with Gasteiger partial charge in [0.05, 0.1) is 0 Å². The maximum Gasteiger partial charge on any atom is 0.320 e. The summed E-state index contributed by atoms with van der Waals surface area (Å²) in [6, 6.07) is 4.48. The Balaban J connectivity index is 2.55. The Labute approximate surface area is 101 Å². The maximum atomic E-state index is 13.0. The van der Waals surface area contributed by atoms with Crippen molar-refractivity contribution in [3.8, 4) is 0 Å². The van der Waals surface area contributed by atoms with Crippen LogP contribution in [0.2, 0.25) is 0 Å². The molecule has 1 aromatic rings. The lowest BCUT2D eigenvalue weighted by Crippen LogP contribution is -2.37. The molecule has 1 atom stereocenters. The SMILES string of the molecule is Cc1cc(CCN(C)C(C)C(=O)O)ccc1F. The molecule has 0 heterocycles. The van der Waals surface area contributed by atoms with E-state index in [0.29, 0.717) is 12.1 Å². The van der Waals surface area contributed by atoms with E-state index in [4.69, 9.17) is 5.11 Å². The lowest BCUT2D eigenvalue weighted by molar-refractivity contribution is -0.142. The highest BCUT2D eigenvalue weighted by Crippen LogP contribution is 2.10. The lowest BCUT2D eigenvalue weighted by atomic mass is 10.1. The number of carboxylic acids is 1. The Morgan fingerprint density at radius 2 is 2.18 bits per heavy atom. The van der Waals surface area contributed by atoms with Gasteiger partial charge in [-0.25, -0.2) is 4.39 Å². The van der Waals surface area contributed by atoms with E-state index >= 15 is 0 Å². The Morgan fingerprint density at radius 1 is 1.53 bits per heavy atom. The summed E-state index contributed by atoms with van der Waals surface area (Å²) in [5.41, 5.74) is 1.64. The molecule has 0 saturated carbocycles. The predicted molar refractivity (Wildman–Crippen MR) is 64.6 cm³/mol. The first-order chi connectivity index (χ1) is 7.91. The Kier molecular flexibility index (Phi) is 4.63. The summed E-state index contributed by atoms with van der Waals surface area (Å²) in [5.74, 6) is -1.04. The molecular weight excluding hydrogens is 221 g/mol. The van der Waals surface area contributed by atoms with Crippen molar-refractivity contribution in [1.29, 1.82) is 0 Å². The van der Waals surface area contributed by atoms with Crippen molar-refractivity contribution < 1.29 is 14.3 Å². The van der Waals surface area contributed by atoms with E-state index in [-0.39, 0.29) is 5.82 Å². The number of aliphatic carboxylic acids is 1. The van der Waals surface area contributed by atoms with Gasteiger partial charge in [0.25, 0.3) is 0 Å². The maximum absolute atomic E-state index is 13.0. The van der Waals surface area contributed by atoms with E-state index in [2.05, 4.69) is 0 Å². The third kappa shape index (κ3) is 3.82. The van der Waals surface area contributed by atoms with Gasteiger partial charge in [0.2, 0.25) is 0 Å². The molecular formula is C13H18FNO2. The number of carboxylic acid groups (broad SMARTS) is 1. The van der Waals surface area contributed by atoms with Crippen molar-refractivity contribution in [2.45, 2.75) is 26.3 Å². The molecule has 0 saturated heterocycles. The zero-order valence-electron chi connectivity index (χ0n) is 10.4. The number of halogens is 1. The molecule has 0 bridgehead atoms. The van der Waals surface area contributed by atoms with Crippen LogP contribution in [0.1, 0.15) is 18.1 Å². The fraction of sp³-hybridized carbons (Fsp3) is 0.462.